The van der Waals surface area contributed by atoms with Gasteiger partial charge in [-0.05, 0) is 37.3 Å². The van der Waals surface area contributed by atoms with E-state index in [2.05, 4.69) is 25.7 Å². The molecule has 0 saturated carbocycles. The van der Waals surface area contributed by atoms with Gasteiger partial charge in [-0.2, -0.15) is 0 Å². The van der Waals surface area contributed by atoms with Crippen molar-refractivity contribution in [1.29, 1.82) is 0 Å². The van der Waals surface area contributed by atoms with Gasteiger partial charge in [0.05, 0.1) is 18.4 Å². The average molecular weight is 372 g/mol. The summed E-state index contributed by atoms with van der Waals surface area (Å²) in [6.07, 6.45) is 1.55. The van der Waals surface area contributed by atoms with E-state index in [4.69, 9.17) is 16.3 Å². The highest BCUT2D eigenvalue weighted by Crippen LogP contribution is 2.29. The number of H-pyrrole nitrogens is 1. The fourth-order valence-electron chi connectivity index (χ4n) is 2.29. The normalized spacial score (nSPS) is 10.4. The number of nitrogens with zero attached hydrogens (tertiary/aromatic N) is 3. The van der Waals surface area contributed by atoms with Crippen LogP contribution in [0.5, 0.6) is 0 Å². The lowest BCUT2D eigenvalue weighted by Gasteiger charge is -2.08. The molecule has 0 radical (unpaired) electrons. The Hall–Kier alpha value is -3.26. The predicted molar refractivity (Wildman–Crippen MR) is 95.1 cm³/mol. The Bertz CT molecular complexity index is 969. The highest BCUT2D eigenvalue weighted by molar-refractivity contribution is 6.33. The van der Waals surface area contributed by atoms with Gasteiger partial charge in [0.25, 0.3) is 5.91 Å². The molecule has 0 fully saturated rings. The number of amides is 1. The second-order valence-electron chi connectivity index (χ2n) is 5.36. The summed E-state index contributed by atoms with van der Waals surface area (Å²) in [4.78, 5) is 28.0. The van der Waals surface area contributed by atoms with Gasteiger partial charge < -0.3 is 10.1 Å². The first kappa shape index (κ1) is 17.6. The van der Waals surface area contributed by atoms with Crippen LogP contribution in [0.4, 0.5) is 5.82 Å². The van der Waals surface area contributed by atoms with E-state index >= 15 is 0 Å². The van der Waals surface area contributed by atoms with Gasteiger partial charge in [0.1, 0.15) is 5.82 Å². The summed E-state index contributed by atoms with van der Waals surface area (Å²) in [5.41, 5.74) is 2.46. The fraction of sp³-hybridized carbons (Fsp3) is 0.118. The van der Waals surface area contributed by atoms with Crippen molar-refractivity contribution in [3.05, 3.63) is 58.5 Å². The fourth-order valence-corrected chi connectivity index (χ4v) is 2.51. The van der Waals surface area contributed by atoms with Crippen molar-refractivity contribution < 1.29 is 14.3 Å². The monoisotopic (exact) mass is 371 g/mol. The van der Waals surface area contributed by atoms with Gasteiger partial charge in [-0.15, -0.1) is 5.10 Å². The molecule has 1 aromatic carbocycles. The molecular weight excluding hydrogens is 358 g/mol. The molecule has 132 valence electrons. The standard InChI is InChI=1S/C17H14ClN5O3/c1-9-15(22-23-21-9)16(24)20-14-6-4-11(8-19-14)12-7-10(17(25)26-2)3-5-13(12)18/h3-8H,1-2H3,(H,19,20,24)(H,21,22,23). The molecule has 0 atom stereocenters. The van der Waals surface area contributed by atoms with Crippen LogP contribution in [-0.2, 0) is 4.74 Å². The molecule has 3 rings (SSSR count). The van der Waals surface area contributed by atoms with Crippen LogP contribution in [-0.4, -0.2) is 39.4 Å². The minimum atomic E-state index is -0.456. The second-order valence-corrected chi connectivity index (χ2v) is 5.77. The first-order chi connectivity index (χ1) is 12.5. The van der Waals surface area contributed by atoms with Crippen molar-refractivity contribution in [2.45, 2.75) is 6.92 Å². The van der Waals surface area contributed by atoms with Crippen molar-refractivity contribution in [2.24, 2.45) is 0 Å². The maximum atomic E-state index is 12.1. The molecule has 26 heavy (non-hydrogen) atoms. The molecule has 0 spiro atoms. The van der Waals surface area contributed by atoms with Crippen molar-refractivity contribution in [3.8, 4) is 11.1 Å². The Morgan fingerprint density at radius 3 is 2.65 bits per heavy atom. The number of pyridine rings is 1. The number of aryl methyl sites for hydroxylation is 1. The Kier molecular flexibility index (Phi) is 4.94. The topological polar surface area (TPSA) is 110 Å². The van der Waals surface area contributed by atoms with Crippen molar-refractivity contribution in [3.63, 3.8) is 0 Å². The third-order valence-corrected chi connectivity index (χ3v) is 3.97. The third kappa shape index (κ3) is 3.55. The molecule has 0 aliphatic rings. The smallest absolute Gasteiger partial charge is 0.337 e. The number of anilines is 1. The maximum Gasteiger partial charge on any atom is 0.337 e. The van der Waals surface area contributed by atoms with Gasteiger partial charge in [-0.1, -0.05) is 16.8 Å². The first-order valence-corrected chi connectivity index (χ1v) is 7.90. The Labute approximate surface area is 153 Å². The molecule has 9 heteroatoms. The van der Waals surface area contributed by atoms with E-state index in [1.165, 1.54) is 7.11 Å². The number of carbonyl (C=O) groups is 2. The summed E-state index contributed by atoms with van der Waals surface area (Å²) >= 11 is 6.22. The molecule has 2 N–H and O–H groups in total. The maximum absolute atomic E-state index is 12.1. The van der Waals surface area contributed by atoms with Crippen LogP contribution in [0, 0.1) is 6.92 Å². The molecule has 0 unspecified atom stereocenters. The minimum Gasteiger partial charge on any atom is -0.465 e. The van der Waals surface area contributed by atoms with Crippen molar-refractivity contribution >= 4 is 29.3 Å². The van der Waals surface area contributed by atoms with Crippen LogP contribution in [0.3, 0.4) is 0 Å². The van der Waals surface area contributed by atoms with Crippen molar-refractivity contribution in [2.75, 3.05) is 12.4 Å². The van der Waals surface area contributed by atoms with Gasteiger partial charge in [0, 0.05) is 22.3 Å². The molecular formula is C17H14ClN5O3. The lowest BCUT2D eigenvalue weighted by molar-refractivity contribution is 0.0600. The van der Waals surface area contributed by atoms with Gasteiger partial charge in [0.15, 0.2) is 5.69 Å². The highest BCUT2D eigenvalue weighted by atomic mass is 35.5. The number of halogens is 1. The molecule has 3 aromatic rings. The largest absolute Gasteiger partial charge is 0.465 e. The van der Waals surface area contributed by atoms with Gasteiger partial charge in [-0.3, -0.25) is 9.89 Å². The van der Waals surface area contributed by atoms with Gasteiger partial charge in [0.2, 0.25) is 0 Å². The average Bonchev–Trinajstić information content (AvgIpc) is 3.08. The minimum absolute atomic E-state index is 0.199. The summed E-state index contributed by atoms with van der Waals surface area (Å²) < 4.78 is 4.72. The summed E-state index contributed by atoms with van der Waals surface area (Å²) in [5, 5.41) is 13.0. The van der Waals surface area contributed by atoms with E-state index in [-0.39, 0.29) is 5.69 Å². The lowest BCUT2D eigenvalue weighted by atomic mass is 10.0. The molecule has 0 saturated heterocycles. The molecule has 2 heterocycles. The quantitative estimate of drug-likeness (QED) is 0.682. The summed E-state index contributed by atoms with van der Waals surface area (Å²) in [6.45, 7) is 1.70. The number of carbonyl (C=O) groups excluding carboxylic acids is 2. The number of rotatable bonds is 4. The van der Waals surface area contributed by atoms with E-state index in [1.54, 1.807) is 43.5 Å². The van der Waals surface area contributed by atoms with Crippen LogP contribution in [0.25, 0.3) is 11.1 Å². The summed E-state index contributed by atoms with van der Waals surface area (Å²) in [7, 11) is 1.31. The number of methoxy groups -OCH3 is 1. The zero-order chi connectivity index (χ0) is 18.7. The van der Waals surface area contributed by atoms with Gasteiger partial charge in [-0.25, -0.2) is 9.78 Å². The van der Waals surface area contributed by atoms with Crippen molar-refractivity contribution in [1.82, 2.24) is 20.4 Å². The molecule has 0 aliphatic heterocycles. The first-order valence-electron chi connectivity index (χ1n) is 7.53. The molecule has 2 aromatic heterocycles. The van der Waals surface area contributed by atoms with Gasteiger partial charge >= 0.3 is 5.97 Å². The zero-order valence-corrected chi connectivity index (χ0v) is 14.7. The number of ether oxygens (including phenoxy) is 1. The van der Waals surface area contributed by atoms with E-state index in [0.717, 1.165) is 0 Å². The van der Waals surface area contributed by atoms with E-state index < -0.39 is 11.9 Å². The number of hydrogen-bond donors (Lipinski definition) is 2. The highest BCUT2D eigenvalue weighted by Gasteiger charge is 2.14. The zero-order valence-electron chi connectivity index (χ0n) is 13.9. The van der Waals surface area contributed by atoms with E-state index in [1.807, 2.05) is 0 Å². The number of benzene rings is 1. The van der Waals surface area contributed by atoms with Crippen LogP contribution in [0.2, 0.25) is 5.02 Å². The Morgan fingerprint density at radius 2 is 2.04 bits per heavy atom. The summed E-state index contributed by atoms with van der Waals surface area (Å²) in [5.74, 6) is -0.522. The van der Waals surface area contributed by atoms with E-state index in [0.29, 0.717) is 33.2 Å². The van der Waals surface area contributed by atoms with E-state index in [9.17, 15) is 9.59 Å². The number of esters is 1. The summed E-state index contributed by atoms with van der Waals surface area (Å²) in [6, 6.07) is 8.19. The lowest BCUT2D eigenvalue weighted by Crippen LogP contribution is -2.14. The Balaban J connectivity index is 1.83. The second kappa shape index (κ2) is 7.32. The molecule has 0 aliphatic carbocycles. The van der Waals surface area contributed by atoms with Crippen LogP contribution < -0.4 is 5.32 Å². The number of aromatic amines is 1. The van der Waals surface area contributed by atoms with Crippen LogP contribution >= 0.6 is 11.6 Å². The Morgan fingerprint density at radius 1 is 1.23 bits per heavy atom. The molecule has 1 amide bonds. The number of aromatic nitrogens is 4. The molecule has 0 bridgehead atoms. The predicted octanol–water partition coefficient (Wildman–Crippen LogP) is 2.87. The third-order valence-electron chi connectivity index (χ3n) is 3.64. The number of hydrogen-bond acceptors (Lipinski definition) is 6. The SMILES string of the molecule is COC(=O)c1ccc(Cl)c(-c2ccc(NC(=O)c3nn[nH]c3C)nc2)c1. The molecule has 8 nitrogen and oxygen atoms in total. The van der Waals surface area contributed by atoms with Crippen LogP contribution in [0.1, 0.15) is 26.5 Å². The number of nitrogens with one attached hydrogen (secondary N) is 2. The van der Waals surface area contributed by atoms with Crippen LogP contribution in [0.15, 0.2) is 36.5 Å².